The van der Waals surface area contributed by atoms with Crippen LogP contribution in [-0.2, 0) is 4.74 Å². The van der Waals surface area contributed by atoms with Gasteiger partial charge in [0.15, 0.2) is 6.39 Å². The number of hydrogen-bond donors (Lipinski definition) is 0. The molecule has 1 unspecified atom stereocenters. The van der Waals surface area contributed by atoms with Crippen molar-refractivity contribution in [2.45, 2.75) is 45.1 Å². The minimum atomic E-state index is -0.447. The van der Waals surface area contributed by atoms with E-state index >= 15 is 0 Å². The van der Waals surface area contributed by atoms with E-state index in [0.717, 1.165) is 25.1 Å². The van der Waals surface area contributed by atoms with Crippen LogP contribution < -0.4 is 0 Å². The first kappa shape index (κ1) is 12.9. The average Bonchev–Trinajstić information content (AvgIpc) is 2.80. The molecule has 0 N–H and O–H groups in total. The lowest BCUT2D eigenvalue weighted by Crippen LogP contribution is -2.42. The van der Waals surface area contributed by atoms with Crippen molar-refractivity contribution in [2.24, 2.45) is 0 Å². The van der Waals surface area contributed by atoms with Gasteiger partial charge in [-0.1, -0.05) is 0 Å². The molecule has 18 heavy (non-hydrogen) atoms. The molecule has 0 aliphatic carbocycles. The minimum absolute atomic E-state index is 0.240. The first-order chi connectivity index (χ1) is 8.46. The predicted octanol–water partition coefficient (Wildman–Crippen LogP) is 2.79. The fourth-order valence-electron chi connectivity index (χ4n) is 2.13. The predicted molar refractivity (Wildman–Crippen MR) is 66.3 cm³/mol. The summed E-state index contributed by atoms with van der Waals surface area (Å²) in [6.07, 6.45) is 4.85. The van der Waals surface area contributed by atoms with Crippen LogP contribution in [0.3, 0.4) is 0 Å². The van der Waals surface area contributed by atoms with Crippen molar-refractivity contribution < 1.29 is 13.9 Å². The Morgan fingerprint density at radius 3 is 2.94 bits per heavy atom. The summed E-state index contributed by atoms with van der Waals surface area (Å²) in [7, 11) is 0. The Morgan fingerprint density at radius 1 is 1.56 bits per heavy atom. The summed E-state index contributed by atoms with van der Waals surface area (Å²) >= 11 is 0. The highest BCUT2D eigenvalue weighted by atomic mass is 16.6. The highest BCUT2D eigenvalue weighted by Crippen LogP contribution is 2.26. The van der Waals surface area contributed by atoms with Crippen molar-refractivity contribution in [1.82, 2.24) is 9.88 Å². The van der Waals surface area contributed by atoms with Gasteiger partial charge in [-0.25, -0.2) is 9.78 Å². The lowest BCUT2D eigenvalue weighted by Gasteiger charge is -2.33. The number of hydrogen-bond acceptors (Lipinski definition) is 4. The van der Waals surface area contributed by atoms with E-state index in [1.807, 2.05) is 20.8 Å². The van der Waals surface area contributed by atoms with Gasteiger partial charge in [0, 0.05) is 19.0 Å². The fourth-order valence-corrected chi connectivity index (χ4v) is 2.13. The van der Waals surface area contributed by atoms with E-state index in [0.29, 0.717) is 6.54 Å². The van der Waals surface area contributed by atoms with Crippen LogP contribution in [-0.4, -0.2) is 34.7 Å². The molecular weight excluding hydrogens is 232 g/mol. The summed E-state index contributed by atoms with van der Waals surface area (Å²) in [5.74, 6) is 0.255. The van der Waals surface area contributed by atoms with Crippen LogP contribution in [0.4, 0.5) is 4.79 Å². The van der Waals surface area contributed by atoms with Gasteiger partial charge in [-0.05, 0) is 33.6 Å². The van der Waals surface area contributed by atoms with Crippen molar-refractivity contribution in [3.63, 3.8) is 0 Å². The second-order valence-corrected chi connectivity index (χ2v) is 5.68. The number of ether oxygens (including phenoxy) is 1. The number of oxazole rings is 1. The van der Waals surface area contributed by atoms with Crippen LogP contribution in [0, 0.1) is 0 Å². The Labute approximate surface area is 107 Å². The van der Waals surface area contributed by atoms with Gasteiger partial charge in [0.25, 0.3) is 0 Å². The van der Waals surface area contributed by atoms with E-state index in [2.05, 4.69) is 4.98 Å². The Kier molecular flexibility index (Phi) is 3.59. The highest BCUT2D eigenvalue weighted by Gasteiger charge is 2.29. The summed E-state index contributed by atoms with van der Waals surface area (Å²) in [4.78, 5) is 17.9. The minimum Gasteiger partial charge on any atom is -0.451 e. The molecule has 0 saturated carbocycles. The van der Waals surface area contributed by atoms with Crippen molar-refractivity contribution in [3.8, 4) is 0 Å². The molecular formula is C13H20N2O3. The number of nitrogens with zero attached hydrogens (tertiary/aromatic N) is 2. The zero-order chi connectivity index (χ0) is 13.2. The molecule has 1 fully saturated rings. The van der Waals surface area contributed by atoms with E-state index in [-0.39, 0.29) is 12.0 Å². The molecule has 5 heteroatoms. The van der Waals surface area contributed by atoms with Crippen LogP contribution in [0.1, 0.15) is 45.2 Å². The molecule has 1 amide bonds. The maximum Gasteiger partial charge on any atom is 0.410 e. The maximum atomic E-state index is 12.0. The molecule has 1 aliphatic rings. The highest BCUT2D eigenvalue weighted by molar-refractivity contribution is 5.68. The molecule has 1 aliphatic heterocycles. The number of amides is 1. The third-order valence-electron chi connectivity index (χ3n) is 2.94. The van der Waals surface area contributed by atoms with Crippen molar-refractivity contribution >= 4 is 6.09 Å². The van der Waals surface area contributed by atoms with Gasteiger partial charge in [-0.15, -0.1) is 0 Å². The molecule has 0 aromatic carbocycles. The summed E-state index contributed by atoms with van der Waals surface area (Å²) in [6.45, 7) is 7.04. The first-order valence-electron chi connectivity index (χ1n) is 6.32. The molecule has 1 aromatic rings. The van der Waals surface area contributed by atoms with Gasteiger partial charge >= 0.3 is 6.09 Å². The van der Waals surface area contributed by atoms with Crippen LogP contribution in [0.15, 0.2) is 17.1 Å². The maximum absolute atomic E-state index is 12.0. The molecule has 0 spiro atoms. The molecule has 1 aromatic heterocycles. The van der Waals surface area contributed by atoms with E-state index in [1.54, 1.807) is 11.2 Å². The van der Waals surface area contributed by atoms with Gasteiger partial charge in [-0.2, -0.15) is 0 Å². The number of rotatable bonds is 1. The SMILES string of the molecule is CC(C)(C)OC(=O)N1CCCC(c2cocn2)C1. The molecule has 0 radical (unpaired) electrons. The largest absolute Gasteiger partial charge is 0.451 e. The van der Waals surface area contributed by atoms with E-state index in [4.69, 9.17) is 9.15 Å². The van der Waals surface area contributed by atoms with Gasteiger partial charge in [0.1, 0.15) is 11.9 Å². The van der Waals surface area contributed by atoms with Crippen molar-refractivity contribution in [1.29, 1.82) is 0 Å². The van der Waals surface area contributed by atoms with Gasteiger partial charge in [-0.3, -0.25) is 0 Å². The Bertz CT molecular complexity index is 395. The Morgan fingerprint density at radius 2 is 2.33 bits per heavy atom. The van der Waals surface area contributed by atoms with Crippen LogP contribution in [0.5, 0.6) is 0 Å². The zero-order valence-corrected chi connectivity index (χ0v) is 11.2. The quantitative estimate of drug-likeness (QED) is 0.771. The van der Waals surface area contributed by atoms with E-state index < -0.39 is 5.60 Å². The number of carbonyl (C=O) groups is 1. The molecule has 2 rings (SSSR count). The third-order valence-corrected chi connectivity index (χ3v) is 2.94. The summed E-state index contributed by atoms with van der Waals surface area (Å²) in [6, 6.07) is 0. The van der Waals surface area contributed by atoms with Crippen LogP contribution in [0.25, 0.3) is 0 Å². The lowest BCUT2D eigenvalue weighted by molar-refractivity contribution is 0.0197. The average molecular weight is 252 g/mol. The van der Waals surface area contributed by atoms with Crippen LogP contribution in [0.2, 0.25) is 0 Å². The number of likely N-dealkylation sites (tertiary alicyclic amines) is 1. The standard InChI is InChI=1S/C13H20N2O3/c1-13(2,3)18-12(16)15-6-4-5-10(7-15)11-8-17-9-14-11/h8-10H,4-7H2,1-3H3. The van der Waals surface area contributed by atoms with Gasteiger partial charge in [0.2, 0.25) is 0 Å². The second kappa shape index (κ2) is 5.00. The first-order valence-corrected chi connectivity index (χ1v) is 6.32. The van der Waals surface area contributed by atoms with Crippen LogP contribution >= 0.6 is 0 Å². The molecule has 5 nitrogen and oxygen atoms in total. The summed E-state index contributed by atoms with van der Waals surface area (Å²) < 4.78 is 10.4. The Hall–Kier alpha value is -1.52. The molecule has 0 bridgehead atoms. The van der Waals surface area contributed by atoms with Gasteiger partial charge in [0.05, 0.1) is 5.69 Å². The monoisotopic (exact) mass is 252 g/mol. The third kappa shape index (κ3) is 3.24. The number of piperidine rings is 1. The summed E-state index contributed by atoms with van der Waals surface area (Å²) in [5, 5.41) is 0. The molecule has 1 saturated heterocycles. The number of carbonyl (C=O) groups excluding carboxylic acids is 1. The second-order valence-electron chi connectivity index (χ2n) is 5.68. The Balaban J connectivity index is 1.96. The zero-order valence-electron chi connectivity index (χ0n) is 11.2. The van der Waals surface area contributed by atoms with E-state index in [1.165, 1.54) is 6.39 Å². The van der Waals surface area contributed by atoms with Crippen molar-refractivity contribution in [2.75, 3.05) is 13.1 Å². The fraction of sp³-hybridized carbons (Fsp3) is 0.692. The summed E-state index contributed by atoms with van der Waals surface area (Å²) in [5.41, 5.74) is 0.473. The lowest BCUT2D eigenvalue weighted by atomic mass is 9.96. The molecule has 1 atom stereocenters. The molecule has 100 valence electrons. The topological polar surface area (TPSA) is 55.6 Å². The van der Waals surface area contributed by atoms with Crippen molar-refractivity contribution in [3.05, 3.63) is 18.4 Å². The molecule has 2 heterocycles. The normalized spacial score (nSPS) is 20.8. The van der Waals surface area contributed by atoms with E-state index in [9.17, 15) is 4.79 Å². The number of aromatic nitrogens is 1. The van der Waals surface area contributed by atoms with Gasteiger partial charge < -0.3 is 14.1 Å². The smallest absolute Gasteiger partial charge is 0.410 e.